The molecule has 0 atom stereocenters. The molecule has 1 rings (SSSR count). The molecule has 1 fully saturated rings. The molecule has 0 aromatic carbocycles. The summed E-state index contributed by atoms with van der Waals surface area (Å²) in [4.78, 5) is 13.6. The summed E-state index contributed by atoms with van der Waals surface area (Å²) >= 11 is 4.41. The maximum absolute atomic E-state index is 11.8. The van der Waals surface area contributed by atoms with Gasteiger partial charge in [0.05, 0.1) is 59.5 Å². The molecule has 1 saturated heterocycles. The van der Waals surface area contributed by atoms with Crippen molar-refractivity contribution in [2.24, 2.45) is 0 Å². The van der Waals surface area contributed by atoms with Gasteiger partial charge in [-0.25, -0.2) is 4.79 Å². The Kier molecular flexibility index (Phi) is 29.9. The Hall–Kier alpha value is -0.580. The van der Waals surface area contributed by atoms with Gasteiger partial charge in [-0.05, 0) is 19.3 Å². The second-order valence-electron chi connectivity index (χ2n) is 6.39. The van der Waals surface area contributed by atoms with E-state index in [1.165, 1.54) is 0 Å². The van der Waals surface area contributed by atoms with Crippen LogP contribution < -0.4 is 0 Å². The van der Waals surface area contributed by atoms with E-state index in [2.05, 4.69) is 19.6 Å². The highest BCUT2D eigenvalue weighted by Gasteiger charge is 2.21. The van der Waals surface area contributed by atoms with Gasteiger partial charge in [0.25, 0.3) is 0 Å². The Morgan fingerprint density at radius 3 is 1.41 bits per heavy atom. The van der Waals surface area contributed by atoms with Gasteiger partial charge in [-0.15, -0.1) is 0 Å². The summed E-state index contributed by atoms with van der Waals surface area (Å²) in [7, 11) is 0. The third-order valence-electron chi connectivity index (χ3n) is 4.01. The van der Waals surface area contributed by atoms with Crippen LogP contribution in [-0.2, 0) is 28.4 Å². The second-order valence-corrected chi connectivity index (χ2v) is 7.12. The number of nitrogens with zero attached hydrogens (tertiary/aromatic N) is 1. The van der Waals surface area contributed by atoms with Gasteiger partial charge in [-0.1, -0.05) is 34.6 Å². The number of amides is 1. The second kappa shape index (κ2) is 28.5. The van der Waals surface area contributed by atoms with Crippen LogP contribution >= 0.6 is 12.6 Å². The highest BCUT2D eigenvalue weighted by atomic mass is 32.1. The molecule has 1 aliphatic heterocycles. The van der Waals surface area contributed by atoms with Crippen molar-refractivity contribution in [2.45, 2.75) is 59.1 Å². The molecular weight excluding hydrogens is 434 g/mol. The van der Waals surface area contributed by atoms with E-state index in [9.17, 15) is 4.79 Å². The number of carbonyl (C=O) groups is 1. The first-order chi connectivity index (χ1) is 15.7. The Morgan fingerprint density at radius 2 is 1.03 bits per heavy atom. The molecule has 32 heavy (non-hydrogen) atoms. The van der Waals surface area contributed by atoms with Gasteiger partial charge in [0.15, 0.2) is 0 Å². The molecule has 0 aromatic heterocycles. The number of likely N-dealkylation sites (tertiary alicyclic amines) is 1. The van der Waals surface area contributed by atoms with Crippen molar-refractivity contribution in [2.75, 3.05) is 85.8 Å². The van der Waals surface area contributed by atoms with Crippen LogP contribution in [-0.4, -0.2) is 102 Å². The van der Waals surface area contributed by atoms with E-state index < -0.39 is 0 Å². The fourth-order valence-electron chi connectivity index (χ4n) is 2.45. The molecular formula is C23H49NO7S. The Balaban J connectivity index is 0. The predicted octanol–water partition coefficient (Wildman–Crippen LogP) is 4.06. The average molecular weight is 484 g/mol. The van der Waals surface area contributed by atoms with Crippen LogP contribution in [0.25, 0.3) is 0 Å². The third-order valence-corrected chi connectivity index (χ3v) is 4.53. The molecule has 1 aliphatic rings. The highest BCUT2D eigenvalue weighted by Crippen LogP contribution is 2.15. The molecule has 9 heteroatoms. The van der Waals surface area contributed by atoms with Crippen molar-refractivity contribution in [3.05, 3.63) is 0 Å². The fraction of sp³-hybridized carbons (Fsp3) is 0.957. The van der Waals surface area contributed by atoms with Crippen molar-refractivity contribution in [3.8, 4) is 0 Å². The van der Waals surface area contributed by atoms with Crippen LogP contribution in [0.15, 0.2) is 0 Å². The molecule has 0 radical (unpaired) electrons. The Morgan fingerprint density at radius 1 is 0.688 bits per heavy atom. The lowest BCUT2D eigenvalue weighted by Crippen LogP contribution is -2.39. The zero-order valence-corrected chi connectivity index (χ0v) is 22.0. The lowest BCUT2D eigenvalue weighted by molar-refractivity contribution is -0.0147. The highest BCUT2D eigenvalue weighted by molar-refractivity contribution is 7.80. The number of rotatable bonds is 17. The lowest BCUT2D eigenvalue weighted by atomic mass is 10.1. The standard InChI is InChI=1S/C19H37NO7S.2C2H6/c1-2-7-22-8-9-23-10-11-24-12-13-25-14-15-26-16-17-27-19(21)20-5-3-18(28)4-6-20;2*1-2/h18,28H,2-17H2,1H3;2*1-2H3. The number of piperidine rings is 1. The third kappa shape index (κ3) is 22.6. The molecule has 0 N–H and O–H groups in total. The van der Waals surface area contributed by atoms with Crippen LogP contribution in [0.1, 0.15) is 53.9 Å². The van der Waals surface area contributed by atoms with Gasteiger partial charge in [0.2, 0.25) is 0 Å². The maximum atomic E-state index is 11.8. The summed E-state index contributed by atoms with van der Waals surface area (Å²) in [6.07, 6.45) is 2.58. The number of hydrogen-bond acceptors (Lipinski definition) is 8. The molecule has 0 spiro atoms. The van der Waals surface area contributed by atoms with Crippen LogP contribution in [0.5, 0.6) is 0 Å². The quantitative estimate of drug-likeness (QED) is 0.247. The number of thiol groups is 1. The van der Waals surface area contributed by atoms with Crippen LogP contribution in [0.3, 0.4) is 0 Å². The lowest BCUT2D eigenvalue weighted by Gasteiger charge is -2.28. The van der Waals surface area contributed by atoms with E-state index in [4.69, 9.17) is 28.4 Å². The summed E-state index contributed by atoms with van der Waals surface area (Å²) in [5, 5.41) is 0.390. The van der Waals surface area contributed by atoms with Crippen molar-refractivity contribution in [1.82, 2.24) is 4.90 Å². The molecule has 0 bridgehead atoms. The first-order valence-electron chi connectivity index (χ1n) is 12.2. The number of ether oxygens (including phenoxy) is 6. The van der Waals surface area contributed by atoms with Crippen molar-refractivity contribution >= 4 is 18.7 Å². The molecule has 194 valence electrons. The van der Waals surface area contributed by atoms with Gasteiger partial charge < -0.3 is 33.3 Å². The maximum Gasteiger partial charge on any atom is 0.409 e. The minimum absolute atomic E-state index is 0.256. The van der Waals surface area contributed by atoms with Crippen molar-refractivity contribution in [3.63, 3.8) is 0 Å². The molecule has 1 amide bonds. The normalized spacial score (nSPS) is 13.6. The topological polar surface area (TPSA) is 75.7 Å². The van der Waals surface area contributed by atoms with E-state index in [0.29, 0.717) is 77.8 Å². The zero-order valence-electron chi connectivity index (χ0n) is 21.1. The molecule has 1 heterocycles. The van der Waals surface area contributed by atoms with Gasteiger partial charge in [0, 0.05) is 24.9 Å². The van der Waals surface area contributed by atoms with E-state index in [-0.39, 0.29) is 12.7 Å². The molecule has 0 saturated carbocycles. The smallest absolute Gasteiger partial charge is 0.409 e. The van der Waals surface area contributed by atoms with Gasteiger partial charge in [-0.2, -0.15) is 12.6 Å². The van der Waals surface area contributed by atoms with E-state index in [0.717, 1.165) is 25.9 Å². The first-order valence-corrected chi connectivity index (χ1v) is 12.7. The Bertz CT molecular complexity index is 370. The number of hydrogen-bond donors (Lipinski definition) is 1. The summed E-state index contributed by atoms with van der Waals surface area (Å²) in [6.45, 7) is 17.2. The largest absolute Gasteiger partial charge is 0.447 e. The molecule has 0 aliphatic carbocycles. The summed E-state index contributed by atoms with van der Waals surface area (Å²) in [5.74, 6) is 0. The minimum atomic E-state index is -0.269. The minimum Gasteiger partial charge on any atom is -0.447 e. The van der Waals surface area contributed by atoms with Crippen molar-refractivity contribution in [1.29, 1.82) is 0 Å². The van der Waals surface area contributed by atoms with Crippen molar-refractivity contribution < 1.29 is 33.2 Å². The molecule has 0 aromatic rings. The van der Waals surface area contributed by atoms with Crippen LogP contribution in [0, 0.1) is 0 Å². The van der Waals surface area contributed by atoms with E-state index >= 15 is 0 Å². The molecule has 8 nitrogen and oxygen atoms in total. The van der Waals surface area contributed by atoms with Gasteiger partial charge in [-0.3, -0.25) is 0 Å². The number of carbonyl (C=O) groups excluding carboxylic acids is 1. The van der Waals surface area contributed by atoms with Crippen LogP contribution in [0.2, 0.25) is 0 Å². The zero-order chi connectivity index (χ0) is 24.3. The summed E-state index contributed by atoms with van der Waals surface area (Å²) < 4.78 is 32.1. The average Bonchev–Trinajstić information content (AvgIpc) is 2.84. The molecule has 0 unspecified atom stereocenters. The van der Waals surface area contributed by atoms with Gasteiger partial charge in [0.1, 0.15) is 6.61 Å². The van der Waals surface area contributed by atoms with Gasteiger partial charge >= 0.3 is 6.09 Å². The summed E-state index contributed by atoms with van der Waals surface area (Å²) in [5.41, 5.74) is 0. The van der Waals surface area contributed by atoms with Crippen LogP contribution in [0.4, 0.5) is 4.79 Å². The predicted molar refractivity (Wildman–Crippen MR) is 132 cm³/mol. The monoisotopic (exact) mass is 483 g/mol. The first kappa shape index (κ1) is 33.6. The summed E-state index contributed by atoms with van der Waals surface area (Å²) in [6, 6.07) is 0. The Labute approximate surface area is 202 Å². The van der Waals surface area contributed by atoms with E-state index in [1.54, 1.807) is 4.90 Å². The SMILES string of the molecule is CC.CC.CCCOCCOCCOCCOCCOCCOC(=O)N1CCC(S)CC1. The van der Waals surface area contributed by atoms with E-state index in [1.807, 2.05) is 27.7 Å². The fourth-order valence-corrected chi connectivity index (χ4v) is 2.68.